The number of aromatic nitrogens is 2. The van der Waals surface area contributed by atoms with Gasteiger partial charge in [-0.25, -0.2) is 0 Å². The molecule has 0 saturated heterocycles. The number of halogens is 1. The molecule has 0 unspecified atom stereocenters. The van der Waals surface area contributed by atoms with Crippen molar-refractivity contribution < 1.29 is 5.11 Å². The molecule has 0 saturated carbocycles. The van der Waals surface area contributed by atoms with Crippen molar-refractivity contribution in [2.45, 2.75) is 33.2 Å². The molecule has 0 atom stereocenters. The van der Waals surface area contributed by atoms with E-state index < -0.39 is 0 Å². The molecule has 1 heterocycles. The van der Waals surface area contributed by atoms with Crippen LogP contribution in [0.15, 0.2) is 0 Å². The Morgan fingerprint density at radius 2 is 2.12 bits per heavy atom. The van der Waals surface area contributed by atoms with Gasteiger partial charge in [0.05, 0.1) is 12.3 Å². The molecule has 1 N–H and O–H groups in total. The number of hydrogen-bond acceptors (Lipinski definition) is 3. The van der Waals surface area contributed by atoms with Crippen LogP contribution in [0.25, 0.3) is 0 Å². The van der Waals surface area contributed by atoms with E-state index in [2.05, 4.69) is 30.8 Å². The molecule has 0 amide bonds. The van der Waals surface area contributed by atoms with Crippen molar-refractivity contribution in [3.05, 3.63) is 16.4 Å². The van der Waals surface area contributed by atoms with E-state index in [-0.39, 0.29) is 6.61 Å². The summed E-state index contributed by atoms with van der Waals surface area (Å²) in [4.78, 5) is 2.16. The molecule has 0 radical (unpaired) electrons. The maximum absolute atomic E-state index is 9.00. The maximum Gasteiger partial charge on any atom is 0.131 e. The SMILES string of the molecule is CCN(CCO)Cc1c(C(C)C)nn(C)c1Cl. The topological polar surface area (TPSA) is 41.3 Å². The van der Waals surface area contributed by atoms with Crippen LogP contribution in [0.1, 0.15) is 37.9 Å². The van der Waals surface area contributed by atoms with Gasteiger partial charge in [0.2, 0.25) is 0 Å². The molecule has 0 aliphatic heterocycles. The third-order valence-electron chi connectivity index (χ3n) is 2.89. The Morgan fingerprint density at radius 3 is 2.59 bits per heavy atom. The fourth-order valence-electron chi connectivity index (χ4n) is 1.89. The fourth-order valence-corrected chi connectivity index (χ4v) is 2.09. The Hall–Kier alpha value is -0.580. The predicted octanol–water partition coefficient (Wildman–Crippen LogP) is 2.01. The Morgan fingerprint density at radius 1 is 1.47 bits per heavy atom. The van der Waals surface area contributed by atoms with Gasteiger partial charge in [-0.05, 0) is 12.5 Å². The van der Waals surface area contributed by atoms with Gasteiger partial charge in [0.25, 0.3) is 0 Å². The zero-order valence-corrected chi connectivity index (χ0v) is 11.8. The van der Waals surface area contributed by atoms with Gasteiger partial charge in [0.15, 0.2) is 0 Å². The summed E-state index contributed by atoms with van der Waals surface area (Å²) >= 11 is 6.27. The number of hydrogen-bond donors (Lipinski definition) is 1. The maximum atomic E-state index is 9.00. The zero-order valence-electron chi connectivity index (χ0n) is 11.1. The summed E-state index contributed by atoms with van der Waals surface area (Å²) in [5.74, 6) is 0.358. The van der Waals surface area contributed by atoms with E-state index >= 15 is 0 Å². The first-order chi connectivity index (χ1) is 8.01. The van der Waals surface area contributed by atoms with Crippen molar-refractivity contribution in [3.63, 3.8) is 0 Å². The number of likely N-dealkylation sites (N-methyl/N-ethyl adjacent to an activating group) is 1. The lowest BCUT2D eigenvalue weighted by molar-refractivity contribution is 0.196. The minimum atomic E-state index is 0.169. The van der Waals surface area contributed by atoms with E-state index in [0.717, 1.165) is 24.3 Å². The summed E-state index contributed by atoms with van der Waals surface area (Å²) in [7, 11) is 1.86. The van der Waals surface area contributed by atoms with Crippen molar-refractivity contribution in [1.82, 2.24) is 14.7 Å². The molecule has 4 nitrogen and oxygen atoms in total. The largest absolute Gasteiger partial charge is 0.395 e. The summed E-state index contributed by atoms with van der Waals surface area (Å²) in [6.45, 7) is 8.78. The molecular weight excluding hydrogens is 238 g/mol. The van der Waals surface area contributed by atoms with Crippen LogP contribution in [-0.4, -0.2) is 39.5 Å². The molecule has 0 spiro atoms. The normalized spacial score (nSPS) is 11.8. The van der Waals surface area contributed by atoms with Gasteiger partial charge >= 0.3 is 0 Å². The number of aryl methyl sites for hydroxylation is 1. The van der Waals surface area contributed by atoms with Crippen LogP contribution >= 0.6 is 11.6 Å². The third kappa shape index (κ3) is 3.44. The second-order valence-electron chi connectivity index (χ2n) is 4.53. The molecule has 98 valence electrons. The highest BCUT2D eigenvalue weighted by Gasteiger charge is 2.18. The van der Waals surface area contributed by atoms with Crippen molar-refractivity contribution >= 4 is 11.6 Å². The van der Waals surface area contributed by atoms with Gasteiger partial charge in [-0.15, -0.1) is 0 Å². The molecule has 17 heavy (non-hydrogen) atoms. The lowest BCUT2D eigenvalue weighted by Crippen LogP contribution is -2.26. The second kappa shape index (κ2) is 6.38. The van der Waals surface area contributed by atoms with E-state index in [0.29, 0.717) is 17.6 Å². The highest BCUT2D eigenvalue weighted by atomic mass is 35.5. The second-order valence-corrected chi connectivity index (χ2v) is 4.88. The highest BCUT2D eigenvalue weighted by Crippen LogP contribution is 2.26. The molecule has 1 rings (SSSR count). The minimum absolute atomic E-state index is 0.169. The van der Waals surface area contributed by atoms with Crippen molar-refractivity contribution in [3.8, 4) is 0 Å². The lowest BCUT2D eigenvalue weighted by Gasteiger charge is -2.19. The predicted molar refractivity (Wildman–Crippen MR) is 70.3 cm³/mol. The molecule has 1 aromatic rings. The van der Waals surface area contributed by atoms with Crippen LogP contribution in [0.3, 0.4) is 0 Å². The van der Waals surface area contributed by atoms with Crippen molar-refractivity contribution in [2.75, 3.05) is 19.7 Å². The Balaban J connectivity index is 2.95. The first kappa shape index (κ1) is 14.5. The Labute approximate surface area is 108 Å². The number of aliphatic hydroxyl groups is 1. The van der Waals surface area contributed by atoms with Gasteiger partial charge in [0.1, 0.15) is 5.15 Å². The van der Waals surface area contributed by atoms with Gasteiger partial charge < -0.3 is 5.11 Å². The average Bonchev–Trinajstić information content (AvgIpc) is 2.56. The molecule has 0 bridgehead atoms. The standard InChI is InChI=1S/C12H22ClN3O/c1-5-16(6-7-17)8-10-11(9(2)3)14-15(4)12(10)13/h9,17H,5-8H2,1-4H3. The summed E-state index contributed by atoms with van der Waals surface area (Å²) < 4.78 is 1.72. The summed E-state index contributed by atoms with van der Waals surface area (Å²) in [5.41, 5.74) is 2.13. The van der Waals surface area contributed by atoms with Gasteiger partial charge in [0, 0.05) is 25.7 Å². The molecule has 0 aromatic carbocycles. The fraction of sp³-hybridized carbons (Fsp3) is 0.750. The molecular formula is C12H22ClN3O. The van der Waals surface area contributed by atoms with Crippen LogP contribution < -0.4 is 0 Å². The lowest BCUT2D eigenvalue weighted by atomic mass is 10.1. The first-order valence-corrected chi connectivity index (χ1v) is 6.43. The van der Waals surface area contributed by atoms with Gasteiger partial charge in [-0.1, -0.05) is 32.4 Å². The van der Waals surface area contributed by atoms with Crippen LogP contribution in [0.5, 0.6) is 0 Å². The molecule has 5 heteroatoms. The van der Waals surface area contributed by atoms with Crippen molar-refractivity contribution in [1.29, 1.82) is 0 Å². The molecule has 0 fully saturated rings. The van der Waals surface area contributed by atoms with E-state index in [9.17, 15) is 0 Å². The monoisotopic (exact) mass is 259 g/mol. The molecule has 0 aliphatic rings. The Bertz CT molecular complexity index is 363. The van der Waals surface area contributed by atoms with E-state index in [1.54, 1.807) is 4.68 Å². The zero-order chi connectivity index (χ0) is 13.0. The number of aliphatic hydroxyl groups excluding tert-OH is 1. The minimum Gasteiger partial charge on any atom is -0.395 e. The van der Waals surface area contributed by atoms with Crippen LogP contribution in [-0.2, 0) is 13.6 Å². The van der Waals surface area contributed by atoms with Crippen molar-refractivity contribution in [2.24, 2.45) is 7.05 Å². The molecule has 1 aromatic heterocycles. The smallest absolute Gasteiger partial charge is 0.131 e. The highest BCUT2D eigenvalue weighted by molar-refractivity contribution is 6.30. The third-order valence-corrected chi connectivity index (χ3v) is 3.36. The molecule has 0 aliphatic carbocycles. The quantitative estimate of drug-likeness (QED) is 0.850. The first-order valence-electron chi connectivity index (χ1n) is 6.05. The summed E-state index contributed by atoms with van der Waals surface area (Å²) in [6.07, 6.45) is 0. The van der Waals surface area contributed by atoms with Crippen LogP contribution in [0, 0.1) is 0 Å². The number of rotatable bonds is 6. The average molecular weight is 260 g/mol. The van der Waals surface area contributed by atoms with Crippen LogP contribution in [0.4, 0.5) is 0 Å². The van der Waals surface area contributed by atoms with E-state index in [1.807, 2.05) is 7.05 Å². The van der Waals surface area contributed by atoms with E-state index in [4.69, 9.17) is 16.7 Å². The van der Waals surface area contributed by atoms with Crippen LogP contribution in [0.2, 0.25) is 5.15 Å². The number of nitrogens with zero attached hydrogens (tertiary/aromatic N) is 3. The summed E-state index contributed by atoms with van der Waals surface area (Å²) in [5, 5.41) is 14.2. The van der Waals surface area contributed by atoms with E-state index in [1.165, 1.54) is 0 Å². The van der Waals surface area contributed by atoms with Gasteiger partial charge in [-0.3, -0.25) is 9.58 Å². The summed E-state index contributed by atoms with van der Waals surface area (Å²) in [6, 6.07) is 0. The Kier molecular flexibility index (Phi) is 5.43. The van der Waals surface area contributed by atoms with Gasteiger partial charge in [-0.2, -0.15) is 5.10 Å².